The van der Waals surface area contributed by atoms with Crippen molar-refractivity contribution >= 4 is 40.0 Å². The molecule has 0 aliphatic carbocycles. The van der Waals surface area contributed by atoms with Gasteiger partial charge >= 0.3 is 0 Å². The number of nitrogens with zero attached hydrogens (tertiary/aromatic N) is 4. The van der Waals surface area contributed by atoms with Crippen LogP contribution in [0.15, 0.2) is 4.99 Å². The van der Waals surface area contributed by atoms with Crippen LogP contribution in [0.25, 0.3) is 0 Å². The van der Waals surface area contributed by atoms with E-state index in [1.807, 2.05) is 18.7 Å². The van der Waals surface area contributed by atoms with Crippen molar-refractivity contribution in [3.05, 3.63) is 17.0 Å². The maximum absolute atomic E-state index is 11.6. The maximum atomic E-state index is 11.6. The first kappa shape index (κ1) is 23.2. The molecule has 1 fully saturated rings. The SMILES string of the molecule is CN=C(NCc1c(C)nn(C)c1C)NCC1CCN(S(C)(=O)=O)CC1.I. The number of aryl methyl sites for hydroxylation is 2. The quantitative estimate of drug-likeness (QED) is 0.359. The summed E-state index contributed by atoms with van der Waals surface area (Å²) in [5.41, 5.74) is 3.36. The number of hydrogen-bond donors (Lipinski definition) is 2. The number of guanidine groups is 1. The molecule has 26 heavy (non-hydrogen) atoms. The van der Waals surface area contributed by atoms with Crippen LogP contribution in [0.5, 0.6) is 0 Å². The summed E-state index contributed by atoms with van der Waals surface area (Å²) in [4.78, 5) is 4.27. The summed E-state index contributed by atoms with van der Waals surface area (Å²) in [6, 6.07) is 0. The molecule has 2 N–H and O–H groups in total. The third-order valence-corrected chi connectivity index (χ3v) is 6.22. The normalized spacial score (nSPS) is 17.0. The van der Waals surface area contributed by atoms with E-state index in [-0.39, 0.29) is 24.0 Å². The molecule has 0 radical (unpaired) electrons. The first-order chi connectivity index (χ1) is 11.7. The van der Waals surface area contributed by atoms with Crippen molar-refractivity contribution in [2.75, 3.05) is 32.9 Å². The van der Waals surface area contributed by atoms with Gasteiger partial charge in [-0.05, 0) is 32.6 Å². The van der Waals surface area contributed by atoms with Gasteiger partial charge in [0.05, 0.1) is 11.9 Å². The number of piperidine rings is 1. The average Bonchev–Trinajstić information content (AvgIpc) is 2.80. The molecule has 1 aromatic rings. The molecule has 2 heterocycles. The minimum Gasteiger partial charge on any atom is -0.356 e. The van der Waals surface area contributed by atoms with E-state index in [0.29, 0.717) is 25.6 Å². The molecule has 0 unspecified atom stereocenters. The van der Waals surface area contributed by atoms with Crippen molar-refractivity contribution in [2.24, 2.45) is 18.0 Å². The molecule has 0 saturated carbocycles. The Morgan fingerprint density at radius 3 is 2.35 bits per heavy atom. The van der Waals surface area contributed by atoms with Crippen LogP contribution in [0.4, 0.5) is 0 Å². The second-order valence-corrected chi connectivity index (χ2v) is 8.67. The van der Waals surface area contributed by atoms with Crippen LogP contribution in [0.1, 0.15) is 29.8 Å². The van der Waals surface area contributed by atoms with Crippen LogP contribution >= 0.6 is 24.0 Å². The van der Waals surface area contributed by atoms with Crippen molar-refractivity contribution in [1.82, 2.24) is 24.7 Å². The first-order valence-corrected chi connectivity index (χ1v) is 10.5. The number of hydrogen-bond acceptors (Lipinski definition) is 4. The Kier molecular flexibility index (Phi) is 8.80. The Morgan fingerprint density at radius 2 is 1.88 bits per heavy atom. The Bertz CT molecular complexity index is 723. The first-order valence-electron chi connectivity index (χ1n) is 8.61. The smallest absolute Gasteiger partial charge is 0.211 e. The predicted molar refractivity (Wildman–Crippen MR) is 115 cm³/mol. The van der Waals surface area contributed by atoms with E-state index in [0.717, 1.165) is 36.7 Å². The summed E-state index contributed by atoms with van der Waals surface area (Å²) in [7, 11) is 0.639. The molecule has 10 heteroatoms. The molecule has 0 atom stereocenters. The summed E-state index contributed by atoms with van der Waals surface area (Å²) in [5.74, 6) is 1.21. The molecule has 0 spiro atoms. The Balaban J connectivity index is 0.00000338. The zero-order chi connectivity index (χ0) is 18.6. The van der Waals surface area contributed by atoms with Crippen LogP contribution in [0, 0.1) is 19.8 Å². The van der Waals surface area contributed by atoms with Gasteiger partial charge < -0.3 is 10.6 Å². The molecule has 1 aromatic heterocycles. The van der Waals surface area contributed by atoms with Crippen molar-refractivity contribution in [3.63, 3.8) is 0 Å². The van der Waals surface area contributed by atoms with Crippen LogP contribution in [-0.2, 0) is 23.6 Å². The van der Waals surface area contributed by atoms with Gasteiger partial charge in [-0.1, -0.05) is 0 Å². The predicted octanol–water partition coefficient (Wildman–Crippen LogP) is 0.992. The Morgan fingerprint density at radius 1 is 1.27 bits per heavy atom. The number of rotatable bonds is 5. The van der Waals surface area contributed by atoms with Crippen LogP contribution in [-0.4, -0.2) is 61.4 Å². The highest BCUT2D eigenvalue weighted by atomic mass is 127. The highest BCUT2D eigenvalue weighted by Crippen LogP contribution is 2.18. The van der Waals surface area contributed by atoms with Crippen LogP contribution < -0.4 is 10.6 Å². The number of aromatic nitrogens is 2. The number of halogens is 1. The third-order valence-electron chi connectivity index (χ3n) is 4.92. The zero-order valence-corrected chi connectivity index (χ0v) is 19.4. The summed E-state index contributed by atoms with van der Waals surface area (Å²) in [6.45, 7) is 6.75. The van der Waals surface area contributed by atoms with E-state index < -0.39 is 10.0 Å². The fourth-order valence-corrected chi connectivity index (χ4v) is 4.03. The fraction of sp³-hybridized carbons (Fsp3) is 0.750. The van der Waals surface area contributed by atoms with Gasteiger partial charge in [-0.15, -0.1) is 24.0 Å². The van der Waals surface area contributed by atoms with Gasteiger partial charge in [-0.2, -0.15) is 5.10 Å². The largest absolute Gasteiger partial charge is 0.356 e. The standard InChI is InChI=1S/C16H30N6O2S.HI/c1-12-15(13(2)21(4)20-12)11-19-16(17-3)18-10-14-6-8-22(9-7-14)25(5,23)24;/h14H,6-11H2,1-5H3,(H2,17,18,19);1H. The van der Waals surface area contributed by atoms with E-state index in [9.17, 15) is 8.42 Å². The topological polar surface area (TPSA) is 91.6 Å². The van der Waals surface area contributed by atoms with Crippen LogP contribution in [0.3, 0.4) is 0 Å². The lowest BCUT2D eigenvalue weighted by molar-refractivity contribution is 0.275. The Hall–Kier alpha value is -0.880. The van der Waals surface area contributed by atoms with Crippen LogP contribution in [0.2, 0.25) is 0 Å². The molecule has 1 aliphatic rings. The van der Waals surface area contributed by atoms with E-state index >= 15 is 0 Å². The summed E-state index contributed by atoms with van der Waals surface area (Å²) in [6.07, 6.45) is 3.02. The van der Waals surface area contributed by atoms with E-state index in [1.54, 1.807) is 11.4 Å². The lowest BCUT2D eigenvalue weighted by Crippen LogP contribution is -2.43. The second kappa shape index (κ2) is 9.88. The third kappa shape index (κ3) is 6.08. The Labute approximate surface area is 173 Å². The number of aliphatic imine (C=N–C) groups is 1. The van der Waals surface area contributed by atoms with Gasteiger partial charge in [-0.25, -0.2) is 12.7 Å². The lowest BCUT2D eigenvalue weighted by atomic mass is 9.98. The molecule has 8 nitrogen and oxygen atoms in total. The van der Waals surface area contributed by atoms with E-state index in [2.05, 4.69) is 27.6 Å². The minimum absolute atomic E-state index is 0. The van der Waals surface area contributed by atoms with Gasteiger partial charge in [0.15, 0.2) is 5.96 Å². The molecular formula is C16H31IN6O2S. The highest BCUT2D eigenvalue weighted by Gasteiger charge is 2.24. The average molecular weight is 498 g/mol. The summed E-state index contributed by atoms with van der Waals surface area (Å²) < 4.78 is 26.6. The van der Waals surface area contributed by atoms with Crippen molar-refractivity contribution in [1.29, 1.82) is 0 Å². The highest BCUT2D eigenvalue weighted by molar-refractivity contribution is 14.0. The van der Waals surface area contributed by atoms with Gasteiger partial charge in [0.25, 0.3) is 0 Å². The fourth-order valence-electron chi connectivity index (χ4n) is 3.15. The number of sulfonamides is 1. The molecule has 150 valence electrons. The van der Waals surface area contributed by atoms with Crippen molar-refractivity contribution < 1.29 is 8.42 Å². The molecule has 1 saturated heterocycles. The maximum Gasteiger partial charge on any atom is 0.211 e. The summed E-state index contributed by atoms with van der Waals surface area (Å²) in [5, 5.41) is 11.1. The van der Waals surface area contributed by atoms with Crippen molar-refractivity contribution in [3.8, 4) is 0 Å². The van der Waals surface area contributed by atoms with Crippen molar-refractivity contribution in [2.45, 2.75) is 33.2 Å². The van der Waals surface area contributed by atoms with Gasteiger partial charge in [0.1, 0.15) is 0 Å². The molecule has 0 bridgehead atoms. The molecule has 0 aromatic carbocycles. The second-order valence-electron chi connectivity index (χ2n) is 6.69. The lowest BCUT2D eigenvalue weighted by Gasteiger charge is -2.30. The van der Waals surface area contributed by atoms with E-state index in [4.69, 9.17) is 0 Å². The molecule has 1 aliphatic heterocycles. The molecular weight excluding hydrogens is 467 g/mol. The molecule has 2 rings (SSSR count). The van der Waals surface area contributed by atoms with E-state index in [1.165, 1.54) is 11.8 Å². The monoisotopic (exact) mass is 498 g/mol. The number of nitrogens with one attached hydrogen (secondary N) is 2. The van der Waals surface area contributed by atoms with Gasteiger partial charge in [0, 0.05) is 51.5 Å². The summed E-state index contributed by atoms with van der Waals surface area (Å²) >= 11 is 0. The van der Waals surface area contributed by atoms with Gasteiger partial charge in [-0.3, -0.25) is 9.67 Å². The molecule has 0 amide bonds. The van der Waals surface area contributed by atoms with Gasteiger partial charge in [0.2, 0.25) is 10.0 Å². The minimum atomic E-state index is -3.06. The zero-order valence-electron chi connectivity index (χ0n) is 16.2.